The molecule has 0 radical (unpaired) electrons. The molecule has 0 aliphatic carbocycles. The van der Waals surface area contributed by atoms with Crippen LogP contribution >= 0.6 is 31.9 Å². The largest absolute Gasteiger partial charge is 0.271 e. The lowest BCUT2D eigenvalue weighted by molar-refractivity contribution is 0.546. The molecule has 0 heterocycles. The lowest BCUT2D eigenvalue weighted by Crippen LogP contribution is -2.29. The minimum atomic E-state index is -0.233. The first-order chi connectivity index (χ1) is 9.10. The lowest BCUT2D eigenvalue weighted by atomic mass is 9.99. The van der Waals surface area contributed by atoms with Crippen LogP contribution in [0.4, 0.5) is 4.39 Å². The van der Waals surface area contributed by atoms with Crippen molar-refractivity contribution in [3.8, 4) is 0 Å². The van der Waals surface area contributed by atoms with Crippen LogP contribution in [0.25, 0.3) is 0 Å². The van der Waals surface area contributed by atoms with E-state index in [2.05, 4.69) is 37.3 Å². The van der Waals surface area contributed by atoms with Crippen LogP contribution in [0.5, 0.6) is 0 Å². The minimum absolute atomic E-state index is 0.0794. The Balaban J connectivity index is 2.25. The van der Waals surface area contributed by atoms with Gasteiger partial charge in [0.05, 0.1) is 6.04 Å². The number of benzene rings is 2. The van der Waals surface area contributed by atoms with Crippen LogP contribution in [0.2, 0.25) is 0 Å². The highest BCUT2D eigenvalue weighted by molar-refractivity contribution is 9.11. The smallest absolute Gasteiger partial charge is 0.123 e. The van der Waals surface area contributed by atoms with Gasteiger partial charge in [0, 0.05) is 8.95 Å². The molecule has 0 aliphatic rings. The molecule has 19 heavy (non-hydrogen) atoms. The van der Waals surface area contributed by atoms with E-state index in [9.17, 15) is 4.39 Å². The molecule has 0 fully saturated rings. The maximum Gasteiger partial charge on any atom is 0.123 e. The molecule has 0 amide bonds. The van der Waals surface area contributed by atoms with E-state index < -0.39 is 0 Å². The zero-order valence-corrected chi connectivity index (χ0v) is 13.2. The minimum Gasteiger partial charge on any atom is -0.271 e. The summed E-state index contributed by atoms with van der Waals surface area (Å²) in [6.07, 6.45) is 0.620. The molecule has 0 aliphatic heterocycles. The Bertz CT molecular complexity index is 575. The average Bonchev–Trinajstić information content (AvgIpc) is 2.37. The van der Waals surface area contributed by atoms with Gasteiger partial charge in [0.2, 0.25) is 0 Å². The molecular weight excluding hydrogens is 375 g/mol. The monoisotopic (exact) mass is 386 g/mol. The Kier molecular flexibility index (Phi) is 5.10. The van der Waals surface area contributed by atoms with E-state index in [4.69, 9.17) is 5.84 Å². The van der Waals surface area contributed by atoms with E-state index in [1.54, 1.807) is 6.07 Å². The van der Waals surface area contributed by atoms with Crippen molar-refractivity contribution < 1.29 is 4.39 Å². The van der Waals surface area contributed by atoms with Crippen LogP contribution in [0.15, 0.2) is 51.4 Å². The van der Waals surface area contributed by atoms with Crippen LogP contribution in [0.3, 0.4) is 0 Å². The molecule has 0 saturated carbocycles. The van der Waals surface area contributed by atoms with Crippen molar-refractivity contribution in [3.63, 3.8) is 0 Å². The molecular formula is C14H13Br2FN2. The Morgan fingerprint density at radius 3 is 2.58 bits per heavy atom. The number of nitrogens with one attached hydrogen (secondary N) is 1. The van der Waals surface area contributed by atoms with E-state index in [1.807, 2.05) is 24.3 Å². The molecule has 2 rings (SSSR count). The van der Waals surface area contributed by atoms with Crippen LogP contribution < -0.4 is 11.3 Å². The average molecular weight is 388 g/mol. The second-order valence-electron chi connectivity index (χ2n) is 4.22. The first kappa shape index (κ1) is 14.7. The Morgan fingerprint density at radius 1 is 1.16 bits per heavy atom. The van der Waals surface area contributed by atoms with Crippen molar-refractivity contribution in [2.75, 3.05) is 0 Å². The Labute approximate surface area is 128 Å². The van der Waals surface area contributed by atoms with Crippen LogP contribution in [0, 0.1) is 5.82 Å². The molecule has 0 bridgehead atoms. The van der Waals surface area contributed by atoms with Crippen LogP contribution in [-0.2, 0) is 6.42 Å². The van der Waals surface area contributed by atoms with Gasteiger partial charge in [-0.1, -0.05) is 50.1 Å². The predicted molar refractivity (Wildman–Crippen MR) is 82.0 cm³/mol. The zero-order valence-electron chi connectivity index (χ0n) is 10.0. The SMILES string of the molecule is NNC(Cc1cccc(F)c1)c1ccc(Br)cc1Br. The molecule has 0 aromatic heterocycles. The van der Waals surface area contributed by atoms with Gasteiger partial charge in [-0.25, -0.2) is 4.39 Å². The van der Waals surface area contributed by atoms with Gasteiger partial charge in [0.15, 0.2) is 0 Å². The summed E-state index contributed by atoms with van der Waals surface area (Å²) in [5.74, 6) is 5.39. The van der Waals surface area contributed by atoms with E-state index in [0.29, 0.717) is 6.42 Å². The molecule has 1 unspecified atom stereocenters. The summed E-state index contributed by atoms with van der Waals surface area (Å²) >= 11 is 6.93. The molecule has 0 spiro atoms. The molecule has 3 N–H and O–H groups in total. The van der Waals surface area contributed by atoms with Gasteiger partial charge in [-0.15, -0.1) is 0 Å². The molecule has 2 aromatic rings. The maximum atomic E-state index is 13.2. The van der Waals surface area contributed by atoms with Crippen molar-refractivity contribution in [2.24, 2.45) is 5.84 Å². The number of halogens is 3. The van der Waals surface area contributed by atoms with Gasteiger partial charge >= 0.3 is 0 Å². The number of hydrogen-bond donors (Lipinski definition) is 2. The van der Waals surface area contributed by atoms with Gasteiger partial charge in [-0.3, -0.25) is 11.3 Å². The standard InChI is InChI=1S/C14H13Br2FN2/c15-10-4-5-12(13(16)8-10)14(19-18)7-9-2-1-3-11(17)6-9/h1-6,8,14,19H,7,18H2. The number of nitrogens with two attached hydrogens (primary N) is 1. The summed E-state index contributed by atoms with van der Waals surface area (Å²) in [7, 11) is 0. The Hall–Kier alpha value is -0.750. The van der Waals surface area contributed by atoms with Crippen molar-refractivity contribution in [1.29, 1.82) is 0 Å². The predicted octanol–water partition coefficient (Wildman–Crippen LogP) is 4.10. The number of hydrogen-bond acceptors (Lipinski definition) is 2. The fraction of sp³-hybridized carbons (Fsp3) is 0.143. The van der Waals surface area contributed by atoms with Gasteiger partial charge in [-0.05, 0) is 41.8 Å². The first-order valence-electron chi connectivity index (χ1n) is 5.75. The molecule has 5 heteroatoms. The summed E-state index contributed by atoms with van der Waals surface area (Å²) in [5, 5.41) is 0. The zero-order chi connectivity index (χ0) is 13.8. The van der Waals surface area contributed by atoms with Crippen LogP contribution in [-0.4, -0.2) is 0 Å². The fourth-order valence-corrected chi connectivity index (χ4v) is 3.27. The topological polar surface area (TPSA) is 38.0 Å². The molecule has 2 nitrogen and oxygen atoms in total. The first-order valence-corrected chi connectivity index (χ1v) is 7.34. The van der Waals surface area contributed by atoms with Gasteiger partial charge in [0.1, 0.15) is 5.82 Å². The van der Waals surface area contributed by atoms with E-state index in [1.165, 1.54) is 12.1 Å². The maximum absolute atomic E-state index is 13.2. The quantitative estimate of drug-likeness (QED) is 0.612. The van der Waals surface area contributed by atoms with E-state index in [0.717, 1.165) is 20.1 Å². The highest BCUT2D eigenvalue weighted by Gasteiger charge is 2.14. The third-order valence-corrected chi connectivity index (χ3v) is 4.05. The fourth-order valence-electron chi connectivity index (χ4n) is 1.94. The molecule has 1 atom stereocenters. The second-order valence-corrected chi connectivity index (χ2v) is 5.99. The van der Waals surface area contributed by atoms with Crippen LogP contribution in [0.1, 0.15) is 17.2 Å². The summed E-state index contributed by atoms with van der Waals surface area (Å²) < 4.78 is 15.1. The summed E-state index contributed by atoms with van der Waals surface area (Å²) in [4.78, 5) is 0. The summed E-state index contributed by atoms with van der Waals surface area (Å²) in [6, 6.07) is 12.4. The second kappa shape index (κ2) is 6.61. The molecule has 0 saturated heterocycles. The molecule has 100 valence electrons. The third-order valence-electron chi connectivity index (χ3n) is 2.87. The third kappa shape index (κ3) is 3.86. The number of rotatable bonds is 4. The van der Waals surface area contributed by atoms with Gasteiger partial charge in [-0.2, -0.15) is 0 Å². The van der Waals surface area contributed by atoms with Crippen molar-refractivity contribution in [3.05, 3.63) is 68.4 Å². The lowest BCUT2D eigenvalue weighted by Gasteiger charge is -2.18. The van der Waals surface area contributed by atoms with Crippen molar-refractivity contribution in [2.45, 2.75) is 12.5 Å². The van der Waals surface area contributed by atoms with Crippen molar-refractivity contribution in [1.82, 2.24) is 5.43 Å². The highest BCUT2D eigenvalue weighted by Crippen LogP contribution is 2.28. The summed E-state index contributed by atoms with van der Waals surface area (Å²) in [6.45, 7) is 0. The summed E-state index contributed by atoms with van der Waals surface area (Å²) in [5.41, 5.74) is 4.72. The number of hydrazine groups is 1. The Morgan fingerprint density at radius 2 is 1.95 bits per heavy atom. The normalized spacial score (nSPS) is 12.4. The van der Waals surface area contributed by atoms with E-state index >= 15 is 0 Å². The highest BCUT2D eigenvalue weighted by atomic mass is 79.9. The van der Waals surface area contributed by atoms with E-state index in [-0.39, 0.29) is 11.9 Å². The van der Waals surface area contributed by atoms with Gasteiger partial charge < -0.3 is 0 Å². The van der Waals surface area contributed by atoms with Gasteiger partial charge in [0.25, 0.3) is 0 Å². The van der Waals surface area contributed by atoms with Crippen molar-refractivity contribution >= 4 is 31.9 Å². The molecule has 2 aromatic carbocycles.